The number of amides is 2. The molecule has 0 bridgehead atoms. The molecule has 3 N–H and O–H groups in total. The first-order chi connectivity index (χ1) is 8.97. The van der Waals surface area contributed by atoms with Gasteiger partial charge in [-0.15, -0.1) is 12.3 Å². The Labute approximate surface area is 113 Å². The van der Waals surface area contributed by atoms with Gasteiger partial charge in [0, 0.05) is 19.0 Å². The molecule has 0 aromatic rings. The number of hydrogen-bond donors (Lipinski definition) is 2. The molecule has 0 saturated carbocycles. The SMILES string of the molecule is C#CCC(N)C(=O)N1CCOCC1C(=O)NC(C)C. The van der Waals surface area contributed by atoms with Crippen LogP contribution in [0.5, 0.6) is 0 Å². The van der Waals surface area contributed by atoms with Crippen LogP contribution in [0, 0.1) is 12.3 Å². The van der Waals surface area contributed by atoms with Crippen molar-refractivity contribution in [2.24, 2.45) is 5.73 Å². The fourth-order valence-electron chi connectivity index (χ4n) is 1.89. The van der Waals surface area contributed by atoms with Crippen molar-refractivity contribution in [1.82, 2.24) is 10.2 Å². The van der Waals surface area contributed by atoms with Crippen LogP contribution in [0.3, 0.4) is 0 Å². The maximum atomic E-state index is 12.2. The lowest BCUT2D eigenvalue weighted by Gasteiger charge is -2.36. The molecule has 2 amide bonds. The Hall–Kier alpha value is -1.58. The molecule has 0 aromatic heterocycles. The zero-order chi connectivity index (χ0) is 14.4. The van der Waals surface area contributed by atoms with Crippen molar-refractivity contribution in [2.45, 2.75) is 38.4 Å². The van der Waals surface area contributed by atoms with Crippen molar-refractivity contribution < 1.29 is 14.3 Å². The molecule has 2 unspecified atom stereocenters. The minimum Gasteiger partial charge on any atom is -0.377 e. The lowest BCUT2D eigenvalue weighted by atomic mass is 10.1. The zero-order valence-electron chi connectivity index (χ0n) is 11.4. The normalized spacial score (nSPS) is 20.8. The number of hydrogen-bond acceptors (Lipinski definition) is 4. The number of carbonyl (C=O) groups is 2. The van der Waals surface area contributed by atoms with E-state index < -0.39 is 12.1 Å². The first-order valence-corrected chi connectivity index (χ1v) is 6.35. The summed E-state index contributed by atoms with van der Waals surface area (Å²) in [5, 5.41) is 2.77. The summed E-state index contributed by atoms with van der Waals surface area (Å²) in [6, 6.07) is -1.39. The van der Waals surface area contributed by atoms with Gasteiger partial charge in [-0.1, -0.05) is 0 Å². The first-order valence-electron chi connectivity index (χ1n) is 6.35. The van der Waals surface area contributed by atoms with Crippen LogP contribution in [0.25, 0.3) is 0 Å². The van der Waals surface area contributed by atoms with E-state index in [0.29, 0.717) is 13.2 Å². The minimum absolute atomic E-state index is 0.00533. The molecule has 2 atom stereocenters. The largest absolute Gasteiger partial charge is 0.377 e. The number of nitrogens with two attached hydrogens (primary N) is 1. The number of ether oxygens (including phenoxy) is 1. The van der Waals surface area contributed by atoms with Crippen LogP contribution in [0.15, 0.2) is 0 Å². The Morgan fingerprint density at radius 3 is 2.84 bits per heavy atom. The number of rotatable bonds is 4. The monoisotopic (exact) mass is 267 g/mol. The average molecular weight is 267 g/mol. The van der Waals surface area contributed by atoms with E-state index in [1.165, 1.54) is 4.90 Å². The quantitative estimate of drug-likeness (QED) is 0.646. The third-order valence-corrected chi connectivity index (χ3v) is 2.80. The highest BCUT2D eigenvalue weighted by Gasteiger charge is 2.34. The topological polar surface area (TPSA) is 84.7 Å². The number of terminal acetylenes is 1. The Bertz CT molecular complexity index is 376. The van der Waals surface area contributed by atoms with Crippen molar-refractivity contribution in [3.63, 3.8) is 0 Å². The molecular formula is C13H21N3O3. The van der Waals surface area contributed by atoms with Crippen molar-refractivity contribution >= 4 is 11.8 Å². The van der Waals surface area contributed by atoms with Gasteiger partial charge in [-0.05, 0) is 13.8 Å². The van der Waals surface area contributed by atoms with E-state index in [1.807, 2.05) is 13.8 Å². The summed E-state index contributed by atoms with van der Waals surface area (Å²) in [6.07, 6.45) is 5.31. The lowest BCUT2D eigenvalue weighted by Crippen LogP contribution is -2.59. The zero-order valence-corrected chi connectivity index (χ0v) is 11.4. The average Bonchev–Trinajstić information content (AvgIpc) is 2.37. The van der Waals surface area contributed by atoms with Crippen LogP contribution < -0.4 is 11.1 Å². The van der Waals surface area contributed by atoms with E-state index in [0.717, 1.165) is 0 Å². The molecule has 0 aliphatic carbocycles. The van der Waals surface area contributed by atoms with Crippen LogP contribution in [0.4, 0.5) is 0 Å². The molecule has 6 heteroatoms. The number of nitrogens with one attached hydrogen (secondary N) is 1. The molecule has 0 aromatic carbocycles. The third-order valence-electron chi connectivity index (χ3n) is 2.80. The highest BCUT2D eigenvalue weighted by atomic mass is 16.5. The van der Waals surface area contributed by atoms with E-state index in [-0.39, 0.29) is 30.9 Å². The van der Waals surface area contributed by atoms with Crippen LogP contribution in [-0.2, 0) is 14.3 Å². The second kappa shape index (κ2) is 7.12. The summed E-state index contributed by atoms with van der Waals surface area (Å²) < 4.78 is 5.27. The van der Waals surface area contributed by atoms with E-state index >= 15 is 0 Å². The summed E-state index contributed by atoms with van der Waals surface area (Å²) in [7, 11) is 0. The van der Waals surface area contributed by atoms with Crippen molar-refractivity contribution in [2.75, 3.05) is 19.8 Å². The van der Waals surface area contributed by atoms with E-state index in [1.54, 1.807) is 0 Å². The first kappa shape index (κ1) is 15.5. The molecule has 1 rings (SSSR count). The van der Waals surface area contributed by atoms with Gasteiger partial charge in [-0.2, -0.15) is 0 Å². The van der Waals surface area contributed by atoms with Gasteiger partial charge in [0.15, 0.2) is 0 Å². The van der Waals surface area contributed by atoms with Gasteiger partial charge in [0.25, 0.3) is 0 Å². The van der Waals surface area contributed by atoms with E-state index in [2.05, 4.69) is 11.2 Å². The van der Waals surface area contributed by atoms with Gasteiger partial charge in [0.1, 0.15) is 6.04 Å². The number of morpholine rings is 1. The van der Waals surface area contributed by atoms with Crippen LogP contribution in [0.2, 0.25) is 0 Å². The molecule has 0 spiro atoms. The van der Waals surface area contributed by atoms with E-state index in [4.69, 9.17) is 16.9 Å². The molecule has 1 fully saturated rings. The van der Waals surface area contributed by atoms with Gasteiger partial charge in [-0.25, -0.2) is 0 Å². The molecule has 0 radical (unpaired) electrons. The standard InChI is InChI=1S/C13H21N3O3/c1-4-5-10(14)13(18)16-6-7-19-8-11(16)12(17)15-9(2)3/h1,9-11H,5-8,14H2,2-3H3,(H,15,17). The highest BCUT2D eigenvalue weighted by molar-refractivity contribution is 5.90. The van der Waals surface area contributed by atoms with Gasteiger partial charge < -0.3 is 20.7 Å². The molecule has 6 nitrogen and oxygen atoms in total. The Balaban J connectivity index is 2.75. The maximum Gasteiger partial charge on any atom is 0.245 e. The maximum absolute atomic E-state index is 12.2. The summed E-state index contributed by atoms with van der Waals surface area (Å²) in [4.78, 5) is 25.7. The summed E-state index contributed by atoms with van der Waals surface area (Å²) >= 11 is 0. The molecule has 1 aliphatic rings. The highest BCUT2D eigenvalue weighted by Crippen LogP contribution is 2.10. The van der Waals surface area contributed by atoms with Crippen molar-refractivity contribution in [3.8, 4) is 12.3 Å². The number of carbonyl (C=O) groups excluding carboxylic acids is 2. The molecule has 19 heavy (non-hydrogen) atoms. The fourth-order valence-corrected chi connectivity index (χ4v) is 1.89. The smallest absolute Gasteiger partial charge is 0.245 e. The van der Waals surface area contributed by atoms with Gasteiger partial charge in [0.05, 0.1) is 19.3 Å². The minimum atomic E-state index is -0.766. The fraction of sp³-hybridized carbons (Fsp3) is 0.692. The van der Waals surface area contributed by atoms with Crippen LogP contribution in [0.1, 0.15) is 20.3 Å². The predicted octanol–water partition coefficient (Wildman–Crippen LogP) is -0.911. The third kappa shape index (κ3) is 4.23. The van der Waals surface area contributed by atoms with Crippen LogP contribution >= 0.6 is 0 Å². The van der Waals surface area contributed by atoms with Crippen molar-refractivity contribution in [3.05, 3.63) is 0 Å². The summed E-state index contributed by atoms with van der Waals surface area (Å²) in [5.41, 5.74) is 5.72. The van der Waals surface area contributed by atoms with Gasteiger partial charge in [0.2, 0.25) is 11.8 Å². The second-order valence-corrected chi connectivity index (χ2v) is 4.80. The van der Waals surface area contributed by atoms with Gasteiger partial charge in [-0.3, -0.25) is 9.59 Å². The molecular weight excluding hydrogens is 246 g/mol. The van der Waals surface area contributed by atoms with Gasteiger partial charge >= 0.3 is 0 Å². The summed E-state index contributed by atoms with van der Waals surface area (Å²) in [6.45, 7) is 4.66. The number of nitrogens with zero attached hydrogens (tertiary/aromatic N) is 1. The van der Waals surface area contributed by atoms with E-state index in [9.17, 15) is 9.59 Å². The van der Waals surface area contributed by atoms with Crippen molar-refractivity contribution in [1.29, 1.82) is 0 Å². The second-order valence-electron chi connectivity index (χ2n) is 4.80. The molecule has 1 heterocycles. The Morgan fingerprint density at radius 2 is 2.26 bits per heavy atom. The Morgan fingerprint density at radius 1 is 1.58 bits per heavy atom. The lowest BCUT2D eigenvalue weighted by molar-refractivity contribution is -0.149. The van der Waals surface area contributed by atoms with Crippen LogP contribution in [-0.4, -0.2) is 54.6 Å². The Kier molecular flexibility index (Phi) is 5.80. The molecule has 1 aliphatic heterocycles. The summed E-state index contributed by atoms with van der Waals surface area (Å²) in [5.74, 6) is 1.83. The molecule has 106 valence electrons. The molecule has 1 saturated heterocycles. The predicted molar refractivity (Wildman–Crippen MR) is 71.0 cm³/mol.